The molecule has 3 atom stereocenters. The fourth-order valence-electron chi connectivity index (χ4n) is 4.31. The van der Waals surface area contributed by atoms with Crippen LogP contribution in [0.1, 0.15) is 45.4 Å². The lowest BCUT2D eigenvalue weighted by molar-refractivity contribution is -0.149. The van der Waals surface area contributed by atoms with Crippen molar-refractivity contribution < 1.29 is 9.59 Å². The van der Waals surface area contributed by atoms with Crippen LogP contribution in [0.4, 0.5) is 0 Å². The second-order valence-corrected chi connectivity index (χ2v) is 6.15. The van der Waals surface area contributed by atoms with E-state index in [9.17, 15) is 9.59 Å². The van der Waals surface area contributed by atoms with Crippen LogP contribution in [0.5, 0.6) is 0 Å². The van der Waals surface area contributed by atoms with Crippen molar-refractivity contribution in [3.8, 4) is 0 Å². The Morgan fingerprint density at radius 3 is 2.81 bits per heavy atom. The third-order valence-corrected chi connectivity index (χ3v) is 5.35. The maximum absolute atomic E-state index is 12.3. The summed E-state index contributed by atoms with van der Waals surface area (Å²) in [5.74, 6) is 0.725. The molecule has 0 aromatic rings. The Labute approximate surface area is 96.1 Å². The van der Waals surface area contributed by atoms with Gasteiger partial charge in [0.05, 0.1) is 0 Å². The van der Waals surface area contributed by atoms with Gasteiger partial charge >= 0.3 is 0 Å². The second-order valence-electron chi connectivity index (χ2n) is 6.15. The fourth-order valence-corrected chi connectivity index (χ4v) is 4.31. The van der Waals surface area contributed by atoms with E-state index in [0.717, 1.165) is 31.3 Å². The first-order chi connectivity index (χ1) is 7.48. The summed E-state index contributed by atoms with van der Waals surface area (Å²) in [6.45, 7) is 6.18. The lowest BCUT2D eigenvalue weighted by Crippen LogP contribution is -2.51. The van der Waals surface area contributed by atoms with Gasteiger partial charge in [-0.3, -0.25) is 9.59 Å². The van der Waals surface area contributed by atoms with Gasteiger partial charge in [0.25, 0.3) is 0 Å². The van der Waals surface area contributed by atoms with E-state index in [-0.39, 0.29) is 16.7 Å². The zero-order chi connectivity index (χ0) is 11.6. The van der Waals surface area contributed by atoms with Gasteiger partial charge in [0.2, 0.25) is 0 Å². The normalized spacial score (nSPS) is 47.1. The smallest absolute Gasteiger partial charge is 0.140 e. The Morgan fingerprint density at radius 1 is 1.31 bits per heavy atom. The van der Waals surface area contributed by atoms with Gasteiger partial charge < -0.3 is 0 Å². The quantitative estimate of drug-likeness (QED) is 0.586. The number of rotatable bonds is 0. The number of hydrogen-bond donors (Lipinski definition) is 0. The molecular formula is C14H18O2. The molecule has 0 aromatic carbocycles. The standard InChI is InChI=1S/C14H18O2/c1-9-6-14-7-10(9)11(15)8-13(14,2)5-3-4-12(14)16/h10H,1,3-8H2,2H3/t10-,13-,14-/m1/s1. The topological polar surface area (TPSA) is 34.1 Å². The molecule has 2 bridgehead atoms. The highest BCUT2D eigenvalue weighted by Crippen LogP contribution is 2.65. The average molecular weight is 218 g/mol. The van der Waals surface area contributed by atoms with Gasteiger partial charge in [-0.1, -0.05) is 19.1 Å². The molecular weight excluding hydrogens is 200 g/mol. The monoisotopic (exact) mass is 218 g/mol. The third kappa shape index (κ3) is 0.982. The van der Waals surface area contributed by atoms with E-state index in [1.165, 1.54) is 0 Å². The molecule has 3 aliphatic rings. The zero-order valence-corrected chi connectivity index (χ0v) is 9.84. The molecule has 0 aromatic heterocycles. The highest BCUT2D eigenvalue weighted by atomic mass is 16.1. The maximum atomic E-state index is 12.3. The van der Waals surface area contributed by atoms with E-state index >= 15 is 0 Å². The van der Waals surface area contributed by atoms with Gasteiger partial charge in [0.1, 0.15) is 11.6 Å². The summed E-state index contributed by atoms with van der Waals surface area (Å²) in [7, 11) is 0. The minimum absolute atomic E-state index is 0.00451. The minimum atomic E-state index is -0.221. The van der Waals surface area contributed by atoms with Gasteiger partial charge in [-0.25, -0.2) is 0 Å². The van der Waals surface area contributed by atoms with E-state index in [1.54, 1.807) is 0 Å². The number of allylic oxidation sites excluding steroid dienone is 1. The Hall–Kier alpha value is -0.920. The second kappa shape index (κ2) is 2.85. The van der Waals surface area contributed by atoms with Crippen LogP contribution in [0.2, 0.25) is 0 Å². The van der Waals surface area contributed by atoms with Gasteiger partial charge in [0, 0.05) is 24.2 Å². The first-order valence-corrected chi connectivity index (χ1v) is 6.22. The molecule has 86 valence electrons. The van der Waals surface area contributed by atoms with Crippen LogP contribution in [-0.4, -0.2) is 11.6 Å². The highest BCUT2D eigenvalue weighted by Gasteiger charge is 2.63. The first kappa shape index (κ1) is 10.2. The van der Waals surface area contributed by atoms with E-state index in [4.69, 9.17) is 0 Å². The Balaban J connectivity index is 2.13. The van der Waals surface area contributed by atoms with Crippen LogP contribution in [0, 0.1) is 16.7 Å². The molecule has 3 fully saturated rings. The summed E-state index contributed by atoms with van der Waals surface area (Å²) in [6, 6.07) is 0. The molecule has 0 N–H and O–H groups in total. The van der Waals surface area contributed by atoms with E-state index in [2.05, 4.69) is 13.5 Å². The minimum Gasteiger partial charge on any atom is -0.299 e. The van der Waals surface area contributed by atoms with Crippen LogP contribution in [0.15, 0.2) is 12.2 Å². The largest absolute Gasteiger partial charge is 0.299 e. The molecule has 0 amide bonds. The number of carbonyl (C=O) groups is 2. The lowest BCUT2D eigenvalue weighted by atomic mass is 9.51. The molecule has 0 unspecified atom stereocenters. The van der Waals surface area contributed by atoms with Crippen molar-refractivity contribution in [2.75, 3.05) is 0 Å². The molecule has 3 rings (SSSR count). The summed E-state index contributed by atoms with van der Waals surface area (Å²) < 4.78 is 0. The van der Waals surface area contributed by atoms with Crippen molar-refractivity contribution in [1.29, 1.82) is 0 Å². The Kier molecular flexibility index (Phi) is 1.82. The maximum Gasteiger partial charge on any atom is 0.140 e. The summed E-state index contributed by atoms with van der Waals surface area (Å²) in [6.07, 6.45) is 4.84. The van der Waals surface area contributed by atoms with Crippen molar-refractivity contribution in [2.24, 2.45) is 16.7 Å². The molecule has 16 heavy (non-hydrogen) atoms. The number of carbonyl (C=O) groups excluding carboxylic acids is 2. The Morgan fingerprint density at radius 2 is 2.06 bits per heavy atom. The van der Waals surface area contributed by atoms with Gasteiger partial charge in [-0.15, -0.1) is 0 Å². The summed E-state index contributed by atoms with van der Waals surface area (Å²) >= 11 is 0. The van der Waals surface area contributed by atoms with Crippen molar-refractivity contribution in [1.82, 2.24) is 0 Å². The fraction of sp³-hybridized carbons (Fsp3) is 0.714. The van der Waals surface area contributed by atoms with Gasteiger partial charge in [-0.05, 0) is 31.1 Å². The Bertz CT molecular complexity index is 409. The molecule has 2 nitrogen and oxygen atoms in total. The van der Waals surface area contributed by atoms with Crippen molar-refractivity contribution in [2.45, 2.75) is 45.4 Å². The summed E-state index contributed by atoms with van der Waals surface area (Å²) in [4.78, 5) is 24.4. The number of ketones is 2. The summed E-state index contributed by atoms with van der Waals surface area (Å²) in [5.41, 5.74) is 0.722. The van der Waals surface area contributed by atoms with Crippen LogP contribution < -0.4 is 0 Å². The van der Waals surface area contributed by atoms with Gasteiger partial charge in [0.15, 0.2) is 0 Å². The van der Waals surface area contributed by atoms with E-state index < -0.39 is 0 Å². The van der Waals surface area contributed by atoms with Crippen LogP contribution >= 0.6 is 0 Å². The molecule has 0 radical (unpaired) electrons. The van der Waals surface area contributed by atoms with E-state index in [1.807, 2.05) is 0 Å². The molecule has 0 aliphatic heterocycles. The highest BCUT2D eigenvalue weighted by molar-refractivity contribution is 5.95. The van der Waals surface area contributed by atoms with Crippen molar-refractivity contribution >= 4 is 11.6 Å². The first-order valence-electron chi connectivity index (χ1n) is 6.22. The number of Topliss-reactive ketones (excluding diaryl/α,β-unsaturated/α-hetero) is 2. The van der Waals surface area contributed by atoms with Crippen molar-refractivity contribution in [3.05, 3.63) is 12.2 Å². The number of fused-ring (bicyclic) bond motifs is 1. The average Bonchev–Trinajstić information content (AvgIpc) is 2.51. The SMILES string of the molecule is C=C1C[C@]23C[C@H]1C(=O)C[C@@]2(C)CCCC3=O. The zero-order valence-electron chi connectivity index (χ0n) is 9.84. The van der Waals surface area contributed by atoms with Crippen LogP contribution in [-0.2, 0) is 9.59 Å². The molecule has 3 aliphatic carbocycles. The lowest BCUT2D eigenvalue weighted by Gasteiger charge is -2.50. The van der Waals surface area contributed by atoms with Gasteiger partial charge in [-0.2, -0.15) is 0 Å². The third-order valence-electron chi connectivity index (χ3n) is 5.35. The molecule has 0 saturated heterocycles. The molecule has 3 saturated carbocycles. The molecule has 0 heterocycles. The molecule has 1 spiro atoms. The molecule has 2 heteroatoms. The van der Waals surface area contributed by atoms with Crippen LogP contribution in [0.3, 0.4) is 0 Å². The predicted molar refractivity (Wildman–Crippen MR) is 60.9 cm³/mol. The number of hydrogen-bond acceptors (Lipinski definition) is 2. The van der Waals surface area contributed by atoms with Crippen molar-refractivity contribution in [3.63, 3.8) is 0 Å². The predicted octanol–water partition coefficient (Wildman–Crippen LogP) is 2.67. The summed E-state index contributed by atoms with van der Waals surface area (Å²) in [5, 5.41) is 0. The van der Waals surface area contributed by atoms with E-state index in [0.29, 0.717) is 24.4 Å². The van der Waals surface area contributed by atoms with Crippen LogP contribution in [0.25, 0.3) is 0 Å².